The van der Waals surface area contributed by atoms with Gasteiger partial charge in [-0.2, -0.15) is 8.78 Å². The summed E-state index contributed by atoms with van der Waals surface area (Å²) in [5, 5.41) is 0. The van der Waals surface area contributed by atoms with Crippen molar-refractivity contribution >= 4 is 27.8 Å². The number of likely N-dealkylation sites (tertiary alicyclic amines) is 1. The van der Waals surface area contributed by atoms with Crippen molar-refractivity contribution in [3.05, 3.63) is 63.6 Å². The molecule has 1 saturated heterocycles. The van der Waals surface area contributed by atoms with E-state index in [4.69, 9.17) is 4.74 Å². The molecule has 2 aliphatic heterocycles. The number of alkyl halides is 2. The number of ether oxygens (including phenoxy) is 2. The Labute approximate surface area is 181 Å². The number of piperidine rings is 1. The number of fused-ring (bicyclic) bond motifs is 2. The first-order valence-corrected chi connectivity index (χ1v) is 10.5. The highest BCUT2D eigenvalue weighted by atomic mass is 79.9. The number of carbonyl (C=O) groups excluding carboxylic acids is 2. The maximum Gasteiger partial charge on any atom is 0.387 e. The van der Waals surface area contributed by atoms with E-state index in [1.165, 1.54) is 6.07 Å². The Bertz CT molecular complexity index is 973. The second-order valence-corrected chi connectivity index (χ2v) is 8.36. The standard InChI is InChI=1S/C22H20BrF2NO4/c23-15-6-7-18(29-21(24)25)14(13-15)5-8-19(27)26-11-9-22(10-12-26)17-4-2-1-3-16(17)20(28)30-22/h1-4,6-7,13,21H,5,8-12H2. The fraction of sp³-hybridized carbons (Fsp3) is 0.364. The molecule has 30 heavy (non-hydrogen) atoms. The highest BCUT2D eigenvalue weighted by Crippen LogP contribution is 2.44. The number of nitrogens with zero attached hydrogens (tertiary/aromatic N) is 1. The zero-order valence-corrected chi connectivity index (χ0v) is 17.7. The third-order valence-electron chi connectivity index (χ3n) is 5.70. The van der Waals surface area contributed by atoms with Gasteiger partial charge in [-0.25, -0.2) is 4.79 Å². The van der Waals surface area contributed by atoms with Gasteiger partial charge in [-0.05, 0) is 36.2 Å². The summed E-state index contributed by atoms with van der Waals surface area (Å²) in [6, 6.07) is 12.1. The van der Waals surface area contributed by atoms with Crippen molar-refractivity contribution in [1.29, 1.82) is 0 Å². The minimum atomic E-state index is -2.92. The third kappa shape index (κ3) is 4.05. The van der Waals surface area contributed by atoms with Gasteiger partial charge in [0.15, 0.2) is 0 Å². The molecule has 158 valence electrons. The molecule has 0 radical (unpaired) electrons. The summed E-state index contributed by atoms with van der Waals surface area (Å²) >= 11 is 3.32. The second kappa shape index (κ2) is 8.34. The van der Waals surface area contributed by atoms with Crippen LogP contribution in [0, 0.1) is 0 Å². The molecule has 0 N–H and O–H groups in total. The molecule has 1 spiro atoms. The summed E-state index contributed by atoms with van der Waals surface area (Å²) in [4.78, 5) is 26.6. The van der Waals surface area contributed by atoms with Crippen LogP contribution in [0.25, 0.3) is 0 Å². The van der Waals surface area contributed by atoms with E-state index in [1.807, 2.05) is 18.2 Å². The maximum atomic E-state index is 12.7. The topological polar surface area (TPSA) is 55.8 Å². The summed E-state index contributed by atoms with van der Waals surface area (Å²) in [5.41, 5.74) is 1.38. The molecular formula is C22H20BrF2NO4. The molecule has 1 amide bonds. The maximum absolute atomic E-state index is 12.7. The summed E-state index contributed by atoms with van der Waals surface area (Å²) in [6.07, 6.45) is 1.55. The second-order valence-electron chi connectivity index (χ2n) is 7.44. The third-order valence-corrected chi connectivity index (χ3v) is 6.19. The number of halogens is 3. The summed E-state index contributed by atoms with van der Waals surface area (Å²) in [5.74, 6) is -0.301. The molecule has 0 saturated carbocycles. The van der Waals surface area contributed by atoms with Gasteiger partial charge in [-0.1, -0.05) is 34.1 Å². The Balaban J connectivity index is 1.38. The molecular weight excluding hydrogens is 460 g/mol. The van der Waals surface area contributed by atoms with Gasteiger partial charge in [0.25, 0.3) is 0 Å². The van der Waals surface area contributed by atoms with Gasteiger partial charge in [0.2, 0.25) is 5.91 Å². The van der Waals surface area contributed by atoms with E-state index >= 15 is 0 Å². The molecule has 8 heteroatoms. The van der Waals surface area contributed by atoms with Crippen molar-refractivity contribution in [2.45, 2.75) is 37.9 Å². The van der Waals surface area contributed by atoms with Crippen LogP contribution in [0.1, 0.15) is 40.7 Å². The van der Waals surface area contributed by atoms with Crippen molar-refractivity contribution in [2.24, 2.45) is 0 Å². The Morgan fingerprint density at radius 2 is 1.93 bits per heavy atom. The first-order chi connectivity index (χ1) is 14.4. The first-order valence-electron chi connectivity index (χ1n) is 9.72. The normalized spacial score (nSPS) is 17.2. The van der Waals surface area contributed by atoms with Crippen LogP contribution in [0.2, 0.25) is 0 Å². The molecule has 1 fully saturated rings. The van der Waals surface area contributed by atoms with Crippen LogP contribution in [0.3, 0.4) is 0 Å². The van der Waals surface area contributed by atoms with E-state index in [2.05, 4.69) is 20.7 Å². The molecule has 2 aromatic rings. The van der Waals surface area contributed by atoms with Gasteiger partial charge in [0, 0.05) is 42.4 Å². The number of rotatable bonds is 5. The average Bonchev–Trinajstić information content (AvgIpc) is 3.00. The number of hydrogen-bond acceptors (Lipinski definition) is 4. The molecule has 5 nitrogen and oxygen atoms in total. The number of aryl methyl sites for hydroxylation is 1. The number of carbonyl (C=O) groups is 2. The van der Waals surface area contributed by atoms with Crippen LogP contribution >= 0.6 is 15.9 Å². The minimum Gasteiger partial charge on any atom is -0.450 e. The SMILES string of the molecule is O=C1OC2(CCN(C(=O)CCc3cc(Br)ccc3OC(F)F)CC2)c2ccccc21. The Kier molecular flexibility index (Phi) is 5.77. The minimum absolute atomic E-state index is 0.0644. The summed E-state index contributed by atoms with van der Waals surface area (Å²) in [6.45, 7) is -1.98. The van der Waals surface area contributed by atoms with Crippen LogP contribution in [-0.2, 0) is 21.6 Å². The molecule has 0 aliphatic carbocycles. The Morgan fingerprint density at radius 3 is 2.67 bits per heavy atom. The van der Waals surface area contributed by atoms with Crippen LogP contribution < -0.4 is 4.74 Å². The lowest BCUT2D eigenvalue weighted by molar-refractivity contribution is -0.135. The van der Waals surface area contributed by atoms with Crippen molar-refractivity contribution in [3.8, 4) is 5.75 Å². The molecule has 0 atom stereocenters. The van der Waals surface area contributed by atoms with Crippen LogP contribution in [0.5, 0.6) is 5.75 Å². The number of esters is 1. The van der Waals surface area contributed by atoms with Gasteiger partial charge in [-0.15, -0.1) is 0 Å². The van der Waals surface area contributed by atoms with Gasteiger partial charge in [-0.3, -0.25) is 4.79 Å². The van der Waals surface area contributed by atoms with E-state index in [0.717, 1.165) is 10.0 Å². The molecule has 2 heterocycles. The monoisotopic (exact) mass is 479 g/mol. The van der Waals surface area contributed by atoms with Crippen molar-refractivity contribution in [3.63, 3.8) is 0 Å². The fourth-order valence-corrected chi connectivity index (χ4v) is 4.60. The quantitative estimate of drug-likeness (QED) is 0.584. The van der Waals surface area contributed by atoms with Gasteiger partial charge in [0.05, 0.1) is 5.56 Å². The smallest absolute Gasteiger partial charge is 0.387 e. The zero-order chi connectivity index (χ0) is 21.3. The van der Waals surface area contributed by atoms with Gasteiger partial charge < -0.3 is 14.4 Å². The van der Waals surface area contributed by atoms with Crippen molar-refractivity contribution in [2.75, 3.05) is 13.1 Å². The molecule has 2 aliphatic rings. The van der Waals surface area contributed by atoms with Gasteiger partial charge >= 0.3 is 12.6 Å². The van der Waals surface area contributed by atoms with Crippen molar-refractivity contribution < 1.29 is 27.8 Å². The number of amides is 1. The first kappa shape index (κ1) is 20.8. The largest absolute Gasteiger partial charge is 0.450 e. The number of benzene rings is 2. The molecule has 0 unspecified atom stereocenters. The van der Waals surface area contributed by atoms with Gasteiger partial charge in [0.1, 0.15) is 11.4 Å². The molecule has 0 bridgehead atoms. The van der Waals surface area contributed by atoms with Crippen LogP contribution in [-0.4, -0.2) is 36.5 Å². The van der Waals surface area contributed by atoms with E-state index in [9.17, 15) is 18.4 Å². The van der Waals surface area contributed by atoms with E-state index in [1.54, 1.807) is 23.1 Å². The zero-order valence-electron chi connectivity index (χ0n) is 16.1. The average molecular weight is 480 g/mol. The summed E-state index contributed by atoms with van der Waals surface area (Å²) in [7, 11) is 0. The molecule has 4 rings (SSSR count). The van der Waals surface area contributed by atoms with Crippen molar-refractivity contribution in [1.82, 2.24) is 4.90 Å². The van der Waals surface area contributed by atoms with E-state index in [0.29, 0.717) is 43.5 Å². The lowest BCUT2D eigenvalue weighted by atomic mass is 9.83. The molecule has 2 aromatic carbocycles. The number of hydrogen-bond donors (Lipinski definition) is 0. The lowest BCUT2D eigenvalue weighted by Crippen LogP contribution is -2.45. The Hall–Kier alpha value is -2.48. The Morgan fingerprint density at radius 1 is 1.20 bits per heavy atom. The van der Waals surface area contributed by atoms with E-state index in [-0.39, 0.29) is 24.0 Å². The fourth-order valence-electron chi connectivity index (χ4n) is 4.19. The summed E-state index contributed by atoms with van der Waals surface area (Å²) < 4.78 is 36.2. The predicted octanol–water partition coefficient (Wildman–Crippen LogP) is 4.67. The highest BCUT2D eigenvalue weighted by Gasteiger charge is 2.47. The lowest BCUT2D eigenvalue weighted by Gasteiger charge is -2.38. The highest BCUT2D eigenvalue weighted by molar-refractivity contribution is 9.10. The van der Waals surface area contributed by atoms with Crippen LogP contribution in [0.15, 0.2) is 46.9 Å². The predicted molar refractivity (Wildman–Crippen MR) is 108 cm³/mol. The van der Waals surface area contributed by atoms with Crippen LogP contribution in [0.4, 0.5) is 8.78 Å². The van der Waals surface area contributed by atoms with E-state index < -0.39 is 12.2 Å². The molecule has 0 aromatic heterocycles.